The van der Waals surface area contributed by atoms with Gasteiger partial charge in [0.05, 0.1) is 0 Å². The minimum Gasteiger partial charge on any atom is -0.487 e. The molecule has 0 N–H and O–H groups in total. The molecule has 1 heteroatoms. The molecule has 1 radical (unpaired) electrons. The highest BCUT2D eigenvalue weighted by Crippen LogP contribution is 2.16. The maximum Gasteiger partial charge on any atom is 0.132 e. The molecule has 1 nitrogen and oxygen atoms in total. The Morgan fingerprint density at radius 3 is 2.60 bits per heavy atom. The van der Waals surface area contributed by atoms with Crippen LogP contribution in [-0.4, -0.2) is 0 Å². The maximum absolute atomic E-state index is 5.21. The molecule has 0 bridgehead atoms. The lowest BCUT2D eigenvalue weighted by atomic mass is 10.2. The van der Waals surface area contributed by atoms with E-state index in [0.717, 1.165) is 5.75 Å². The molecule has 53 valence electrons. The van der Waals surface area contributed by atoms with Crippen LogP contribution in [0.5, 0.6) is 5.75 Å². The molecule has 0 aromatic heterocycles. The zero-order valence-electron chi connectivity index (χ0n) is 6.29. The third kappa shape index (κ3) is 1.50. The van der Waals surface area contributed by atoms with Crippen LogP contribution in [0.4, 0.5) is 0 Å². The van der Waals surface area contributed by atoms with Crippen LogP contribution in [0, 0.1) is 13.5 Å². The van der Waals surface area contributed by atoms with E-state index in [1.807, 2.05) is 38.1 Å². The average Bonchev–Trinajstić information content (AvgIpc) is 1.94. The van der Waals surface area contributed by atoms with E-state index >= 15 is 0 Å². The normalized spacial score (nSPS) is 9.40. The van der Waals surface area contributed by atoms with Crippen molar-refractivity contribution in [1.29, 1.82) is 0 Å². The SMILES string of the molecule is C[CH]Oc1ccccc1C. The Morgan fingerprint density at radius 2 is 2.00 bits per heavy atom. The molecule has 0 saturated heterocycles. The predicted octanol–water partition coefficient (Wildman–Crippen LogP) is 2.56. The van der Waals surface area contributed by atoms with Crippen LogP contribution in [0.3, 0.4) is 0 Å². The van der Waals surface area contributed by atoms with Crippen molar-refractivity contribution >= 4 is 0 Å². The number of rotatable bonds is 2. The number of benzene rings is 1. The van der Waals surface area contributed by atoms with Gasteiger partial charge in [-0.05, 0) is 25.5 Å². The molecule has 0 aliphatic rings. The summed E-state index contributed by atoms with van der Waals surface area (Å²) in [5.41, 5.74) is 1.17. The van der Waals surface area contributed by atoms with E-state index in [-0.39, 0.29) is 0 Å². The zero-order chi connectivity index (χ0) is 7.40. The molecule has 1 rings (SSSR count). The van der Waals surface area contributed by atoms with Crippen molar-refractivity contribution in [2.75, 3.05) is 0 Å². The molecule has 0 amide bonds. The van der Waals surface area contributed by atoms with Crippen molar-refractivity contribution in [3.63, 3.8) is 0 Å². The van der Waals surface area contributed by atoms with Gasteiger partial charge < -0.3 is 4.74 Å². The Morgan fingerprint density at radius 1 is 1.30 bits per heavy atom. The molecule has 0 heterocycles. The number of hydrogen-bond acceptors (Lipinski definition) is 1. The monoisotopic (exact) mass is 135 g/mol. The lowest BCUT2D eigenvalue weighted by Crippen LogP contribution is -1.87. The first-order valence-corrected chi connectivity index (χ1v) is 3.34. The van der Waals surface area contributed by atoms with Crippen molar-refractivity contribution in [3.8, 4) is 5.75 Å². The Bertz CT molecular complexity index is 206. The fourth-order valence-electron chi connectivity index (χ4n) is 0.816. The fourth-order valence-corrected chi connectivity index (χ4v) is 0.816. The summed E-state index contributed by atoms with van der Waals surface area (Å²) >= 11 is 0. The first-order chi connectivity index (χ1) is 4.84. The maximum atomic E-state index is 5.21. The molecule has 0 saturated carbocycles. The van der Waals surface area contributed by atoms with E-state index < -0.39 is 0 Å². The average molecular weight is 135 g/mol. The van der Waals surface area contributed by atoms with Crippen LogP contribution < -0.4 is 4.74 Å². The van der Waals surface area contributed by atoms with Gasteiger partial charge in [0.1, 0.15) is 12.4 Å². The summed E-state index contributed by atoms with van der Waals surface area (Å²) in [6.07, 6.45) is 0. The van der Waals surface area contributed by atoms with Crippen molar-refractivity contribution in [1.82, 2.24) is 0 Å². The summed E-state index contributed by atoms with van der Waals surface area (Å²) in [6.45, 7) is 5.58. The third-order valence-corrected chi connectivity index (χ3v) is 1.34. The molecule has 0 aliphatic carbocycles. The number of para-hydroxylation sites is 1. The lowest BCUT2D eigenvalue weighted by Gasteiger charge is -2.03. The van der Waals surface area contributed by atoms with Gasteiger partial charge in [-0.15, -0.1) is 0 Å². The van der Waals surface area contributed by atoms with E-state index in [4.69, 9.17) is 4.74 Å². The second-order valence-corrected chi connectivity index (χ2v) is 2.12. The standard InChI is InChI=1S/C9H11O/c1-3-10-9-7-5-4-6-8(9)2/h3-7H,1-2H3. The molecular formula is C9H11O. The predicted molar refractivity (Wildman–Crippen MR) is 41.8 cm³/mol. The topological polar surface area (TPSA) is 9.23 Å². The fraction of sp³-hybridized carbons (Fsp3) is 0.222. The highest BCUT2D eigenvalue weighted by atomic mass is 16.5. The molecule has 0 spiro atoms. The van der Waals surface area contributed by atoms with E-state index in [1.165, 1.54) is 5.56 Å². The third-order valence-electron chi connectivity index (χ3n) is 1.34. The number of hydrogen-bond donors (Lipinski definition) is 0. The Hall–Kier alpha value is -0.980. The summed E-state index contributed by atoms with van der Waals surface area (Å²) in [7, 11) is 0. The summed E-state index contributed by atoms with van der Waals surface area (Å²) in [5.74, 6) is 0.935. The Balaban J connectivity index is 2.81. The molecule has 1 aromatic rings. The minimum absolute atomic E-state index is 0.935. The van der Waals surface area contributed by atoms with Gasteiger partial charge in [-0.25, -0.2) is 0 Å². The van der Waals surface area contributed by atoms with Crippen molar-refractivity contribution in [2.45, 2.75) is 13.8 Å². The van der Waals surface area contributed by atoms with Gasteiger partial charge in [-0.3, -0.25) is 0 Å². The van der Waals surface area contributed by atoms with Crippen LogP contribution in [-0.2, 0) is 0 Å². The highest BCUT2D eigenvalue weighted by Gasteiger charge is 1.93. The Kier molecular flexibility index (Phi) is 2.32. The van der Waals surface area contributed by atoms with Gasteiger partial charge in [0, 0.05) is 0 Å². The molecule has 0 fully saturated rings. The van der Waals surface area contributed by atoms with Crippen LogP contribution >= 0.6 is 0 Å². The molecule has 0 unspecified atom stereocenters. The molecular weight excluding hydrogens is 124 g/mol. The van der Waals surface area contributed by atoms with Crippen LogP contribution in [0.2, 0.25) is 0 Å². The van der Waals surface area contributed by atoms with Crippen LogP contribution in [0.15, 0.2) is 24.3 Å². The van der Waals surface area contributed by atoms with Gasteiger partial charge >= 0.3 is 0 Å². The van der Waals surface area contributed by atoms with Crippen LogP contribution in [0.1, 0.15) is 12.5 Å². The minimum atomic E-state index is 0.935. The summed E-state index contributed by atoms with van der Waals surface area (Å²) in [6, 6.07) is 7.94. The van der Waals surface area contributed by atoms with E-state index in [1.54, 1.807) is 6.61 Å². The lowest BCUT2D eigenvalue weighted by molar-refractivity contribution is 0.413. The van der Waals surface area contributed by atoms with E-state index in [2.05, 4.69) is 0 Å². The molecule has 0 atom stereocenters. The highest BCUT2D eigenvalue weighted by molar-refractivity contribution is 5.31. The second kappa shape index (κ2) is 3.25. The molecule has 0 aliphatic heterocycles. The summed E-state index contributed by atoms with van der Waals surface area (Å²) in [5, 5.41) is 0. The van der Waals surface area contributed by atoms with Gasteiger partial charge in [0.15, 0.2) is 0 Å². The van der Waals surface area contributed by atoms with E-state index in [9.17, 15) is 0 Å². The van der Waals surface area contributed by atoms with Crippen molar-refractivity contribution in [3.05, 3.63) is 36.4 Å². The quantitative estimate of drug-likeness (QED) is 0.605. The first kappa shape index (κ1) is 7.13. The van der Waals surface area contributed by atoms with Gasteiger partial charge in [-0.2, -0.15) is 0 Å². The van der Waals surface area contributed by atoms with E-state index in [0.29, 0.717) is 0 Å². The number of aryl methyl sites for hydroxylation is 1. The summed E-state index contributed by atoms with van der Waals surface area (Å²) < 4.78 is 5.21. The first-order valence-electron chi connectivity index (χ1n) is 3.34. The Labute approximate surface area is 61.6 Å². The molecule has 10 heavy (non-hydrogen) atoms. The van der Waals surface area contributed by atoms with Crippen molar-refractivity contribution < 1.29 is 4.74 Å². The van der Waals surface area contributed by atoms with Crippen LogP contribution in [0.25, 0.3) is 0 Å². The van der Waals surface area contributed by atoms with Gasteiger partial charge in [0.25, 0.3) is 0 Å². The van der Waals surface area contributed by atoms with Gasteiger partial charge in [-0.1, -0.05) is 18.2 Å². The zero-order valence-corrected chi connectivity index (χ0v) is 6.29. The number of ether oxygens (including phenoxy) is 1. The molecule has 1 aromatic carbocycles. The second-order valence-electron chi connectivity index (χ2n) is 2.12. The summed E-state index contributed by atoms with van der Waals surface area (Å²) in [4.78, 5) is 0. The smallest absolute Gasteiger partial charge is 0.132 e. The van der Waals surface area contributed by atoms with Crippen molar-refractivity contribution in [2.24, 2.45) is 0 Å². The van der Waals surface area contributed by atoms with Gasteiger partial charge in [0.2, 0.25) is 0 Å². The largest absolute Gasteiger partial charge is 0.487 e.